The molecule has 19 heavy (non-hydrogen) atoms. The highest BCUT2D eigenvalue weighted by molar-refractivity contribution is 5.96. The number of ketones is 1. The molecule has 0 bridgehead atoms. The van der Waals surface area contributed by atoms with Gasteiger partial charge in [-0.1, -0.05) is 67.1 Å². The fourth-order valence-electron chi connectivity index (χ4n) is 2.26. The Labute approximate surface area is 115 Å². The lowest BCUT2D eigenvalue weighted by Gasteiger charge is -2.10. The first-order chi connectivity index (χ1) is 9.15. The van der Waals surface area contributed by atoms with E-state index in [1.54, 1.807) is 0 Å². The van der Waals surface area contributed by atoms with Crippen molar-refractivity contribution >= 4 is 5.78 Å². The van der Waals surface area contributed by atoms with Crippen LogP contribution in [0.2, 0.25) is 0 Å². The van der Waals surface area contributed by atoms with E-state index in [1.807, 2.05) is 49.4 Å². The minimum Gasteiger partial charge on any atom is -0.294 e. The van der Waals surface area contributed by atoms with E-state index >= 15 is 0 Å². The van der Waals surface area contributed by atoms with Crippen LogP contribution < -0.4 is 0 Å². The normalized spacial score (nSPS) is 12.1. The first-order valence-electron chi connectivity index (χ1n) is 6.79. The van der Waals surface area contributed by atoms with Crippen molar-refractivity contribution in [1.82, 2.24) is 0 Å². The standard InChI is InChI=1S/C18H20O/c1-14-8-10-17(11-9-14)18(19)13-15(2)12-16-6-4-3-5-7-16/h3-11,15H,12-13H2,1-2H3. The van der Waals surface area contributed by atoms with Crippen molar-refractivity contribution in [3.05, 3.63) is 71.3 Å². The van der Waals surface area contributed by atoms with Gasteiger partial charge in [0, 0.05) is 12.0 Å². The van der Waals surface area contributed by atoms with Gasteiger partial charge in [-0.2, -0.15) is 0 Å². The summed E-state index contributed by atoms with van der Waals surface area (Å²) in [5.74, 6) is 0.611. The molecule has 0 amide bonds. The van der Waals surface area contributed by atoms with Crippen LogP contribution in [-0.4, -0.2) is 5.78 Å². The topological polar surface area (TPSA) is 17.1 Å². The zero-order chi connectivity index (χ0) is 13.7. The van der Waals surface area contributed by atoms with Gasteiger partial charge in [0.2, 0.25) is 0 Å². The Balaban J connectivity index is 1.93. The van der Waals surface area contributed by atoms with Crippen molar-refractivity contribution in [2.75, 3.05) is 0 Å². The minimum absolute atomic E-state index is 0.239. The molecule has 2 aromatic carbocycles. The van der Waals surface area contributed by atoms with Gasteiger partial charge in [-0.05, 0) is 24.8 Å². The Bertz CT molecular complexity index is 525. The molecule has 1 unspecified atom stereocenters. The van der Waals surface area contributed by atoms with E-state index in [4.69, 9.17) is 0 Å². The number of hydrogen-bond acceptors (Lipinski definition) is 1. The molecule has 0 N–H and O–H groups in total. The van der Waals surface area contributed by atoms with E-state index in [0.717, 1.165) is 12.0 Å². The summed E-state index contributed by atoms with van der Waals surface area (Å²) >= 11 is 0. The molecule has 2 rings (SSSR count). The summed E-state index contributed by atoms with van der Waals surface area (Å²) in [4.78, 5) is 12.2. The highest BCUT2D eigenvalue weighted by Crippen LogP contribution is 2.15. The Morgan fingerprint density at radius 2 is 1.63 bits per heavy atom. The Morgan fingerprint density at radius 3 is 2.26 bits per heavy atom. The second-order valence-corrected chi connectivity index (χ2v) is 5.29. The van der Waals surface area contributed by atoms with Crippen LogP contribution in [0.4, 0.5) is 0 Å². The van der Waals surface area contributed by atoms with Crippen molar-refractivity contribution in [1.29, 1.82) is 0 Å². The molecule has 1 heteroatoms. The van der Waals surface area contributed by atoms with Gasteiger partial charge in [-0.3, -0.25) is 4.79 Å². The van der Waals surface area contributed by atoms with Gasteiger partial charge in [0.1, 0.15) is 0 Å². The van der Waals surface area contributed by atoms with Gasteiger partial charge in [-0.25, -0.2) is 0 Å². The van der Waals surface area contributed by atoms with Gasteiger partial charge in [0.25, 0.3) is 0 Å². The third-order valence-corrected chi connectivity index (χ3v) is 3.33. The SMILES string of the molecule is Cc1ccc(C(=O)CC(C)Cc2ccccc2)cc1. The predicted octanol–water partition coefficient (Wildman–Crippen LogP) is 4.45. The highest BCUT2D eigenvalue weighted by Gasteiger charge is 2.11. The summed E-state index contributed by atoms with van der Waals surface area (Å²) in [5.41, 5.74) is 3.31. The summed E-state index contributed by atoms with van der Waals surface area (Å²) < 4.78 is 0. The van der Waals surface area contributed by atoms with Gasteiger partial charge in [-0.15, -0.1) is 0 Å². The van der Waals surface area contributed by atoms with Crippen LogP contribution in [0.1, 0.15) is 34.8 Å². The zero-order valence-corrected chi connectivity index (χ0v) is 11.6. The second kappa shape index (κ2) is 6.33. The van der Waals surface area contributed by atoms with Crippen LogP contribution >= 0.6 is 0 Å². The lowest BCUT2D eigenvalue weighted by atomic mass is 9.93. The van der Waals surface area contributed by atoms with E-state index in [0.29, 0.717) is 12.3 Å². The number of rotatable bonds is 5. The molecule has 0 fully saturated rings. The van der Waals surface area contributed by atoms with Gasteiger partial charge >= 0.3 is 0 Å². The predicted molar refractivity (Wildman–Crippen MR) is 79.4 cm³/mol. The molecule has 0 saturated heterocycles. The maximum Gasteiger partial charge on any atom is 0.163 e. The highest BCUT2D eigenvalue weighted by atomic mass is 16.1. The summed E-state index contributed by atoms with van der Waals surface area (Å²) in [7, 11) is 0. The lowest BCUT2D eigenvalue weighted by Crippen LogP contribution is -2.08. The fraction of sp³-hybridized carbons (Fsp3) is 0.278. The van der Waals surface area contributed by atoms with E-state index in [1.165, 1.54) is 11.1 Å². The van der Waals surface area contributed by atoms with Crippen molar-refractivity contribution in [2.45, 2.75) is 26.7 Å². The molecule has 0 aliphatic rings. The zero-order valence-electron chi connectivity index (χ0n) is 11.6. The van der Waals surface area contributed by atoms with E-state index in [2.05, 4.69) is 19.1 Å². The van der Waals surface area contributed by atoms with Crippen LogP contribution in [0.25, 0.3) is 0 Å². The lowest BCUT2D eigenvalue weighted by molar-refractivity contribution is 0.0964. The van der Waals surface area contributed by atoms with Gasteiger partial charge in [0.05, 0.1) is 0 Å². The molecule has 0 radical (unpaired) electrons. The number of Topliss-reactive ketones (excluding diaryl/α,β-unsaturated/α-hetero) is 1. The van der Waals surface area contributed by atoms with E-state index in [9.17, 15) is 4.79 Å². The molecular formula is C18H20O. The first-order valence-corrected chi connectivity index (χ1v) is 6.79. The van der Waals surface area contributed by atoms with Crippen molar-refractivity contribution in [3.8, 4) is 0 Å². The van der Waals surface area contributed by atoms with Crippen molar-refractivity contribution in [2.24, 2.45) is 5.92 Å². The number of aryl methyl sites for hydroxylation is 1. The van der Waals surface area contributed by atoms with Crippen LogP contribution in [0.5, 0.6) is 0 Å². The Morgan fingerprint density at radius 1 is 1.00 bits per heavy atom. The Kier molecular flexibility index (Phi) is 4.51. The average molecular weight is 252 g/mol. The molecule has 0 aliphatic carbocycles. The summed E-state index contributed by atoms with van der Waals surface area (Å²) in [6.45, 7) is 4.17. The number of carbonyl (C=O) groups excluding carboxylic acids is 1. The van der Waals surface area contributed by atoms with E-state index in [-0.39, 0.29) is 5.78 Å². The second-order valence-electron chi connectivity index (χ2n) is 5.29. The Hall–Kier alpha value is -1.89. The maximum absolute atomic E-state index is 12.2. The monoisotopic (exact) mass is 252 g/mol. The largest absolute Gasteiger partial charge is 0.294 e. The number of benzene rings is 2. The molecule has 0 saturated carbocycles. The van der Waals surface area contributed by atoms with Crippen LogP contribution in [0.15, 0.2) is 54.6 Å². The summed E-state index contributed by atoms with van der Waals surface area (Å²) in [6, 6.07) is 18.2. The molecule has 0 spiro atoms. The summed E-state index contributed by atoms with van der Waals surface area (Å²) in [6.07, 6.45) is 1.57. The van der Waals surface area contributed by atoms with Crippen LogP contribution in [0.3, 0.4) is 0 Å². The molecule has 2 aromatic rings. The first kappa shape index (κ1) is 13.5. The number of carbonyl (C=O) groups is 1. The third-order valence-electron chi connectivity index (χ3n) is 3.33. The molecular weight excluding hydrogens is 232 g/mol. The van der Waals surface area contributed by atoms with Gasteiger partial charge < -0.3 is 0 Å². The molecule has 1 nitrogen and oxygen atoms in total. The molecule has 0 aromatic heterocycles. The molecule has 1 atom stereocenters. The van der Waals surface area contributed by atoms with Crippen molar-refractivity contribution in [3.63, 3.8) is 0 Å². The average Bonchev–Trinajstić information content (AvgIpc) is 2.40. The molecule has 0 aliphatic heterocycles. The van der Waals surface area contributed by atoms with Crippen LogP contribution in [-0.2, 0) is 6.42 Å². The van der Waals surface area contributed by atoms with Gasteiger partial charge in [0.15, 0.2) is 5.78 Å². The smallest absolute Gasteiger partial charge is 0.163 e. The maximum atomic E-state index is 12.2. The molecule has 98 valence electrons. The van der Waals surface area contributed by atoms with Crippen LogP contribution in [0, 0.1) is 12.8 Å². The summed E-state index contributed by atoms with van der Waals surface area (Å²) in [5, 5.41) is 0. The minimum atomic E-state index is 0.239. The third kappa shape index (κ3) is 4.06. The van der Waals surface area contributed by atoms with E-state index < -0.39 is 0 Å². The number of hydrogen-bond donors (Lipinski definition) is 0. The molecule has 0 heterocycles. The quantitative estimate of drug-likeness (QED) is 0.719. The fourth-order valence-corrected chi connectivity index (χ4v) is 2.26. The van der Waals surface area contributed by atoms with Crippen molar-refractivity contribution < 1.29 is 4.79 Å².